The van der Waals surface area contributed by atoms with Gasteiger partial charge in [-0.05, 0) is 49.1 Å². The minimum Gasteiger partial charge on any atom is -0.410 e. The number of benzene rings is 3. The van der Waals surface area contributed by atoms with E-state index in [1.54, 1.807) is 36.4 Å². The minimum absolute atomic E-state index is 0.426. The lowest BCUT2D eigenvalue weighted by atomic mass is 10.1. The summed E-state index contributed by atoms with van der Waals surface area (Å²) in [4.78, 5) is 19.8. The number of H-pyrrole nitrogens is 1. The van der Waals surface area contributed by atoms with Crippen LogP contribution >= 0.6 is 23.2 Å². The maximum absolute atomic E-state index is 12.1. The Kier molecular flexibility index (Phi) is 6.75. The number of nitrogens with zero attached hydrogens (tertiary/aromatic N) is 1. The number of halogens is 2. The molecule has 0 saturated heterocycles. The van der Waals surface area contributed by atoms with E-state index in [9.17, 15) is 4.79 Å². The molecule has 0 aliphatic carbocycles. The highest BCUT2D eigenvalue weighted by Crippen LogP contribution is 2.34. The molecule has 0 unspecified atom stereocenters. The van der Waals surface area contributed by atoms with Gasteiger partial charge in [0.2, 0.25) is 0 Å². The summed E-state index contributed by atoms with van der Waals surface area (Å²) in [6.45, 7) is 0.563. The van der Waals surface area contributed by atoms with Crippen molar-refractivity contribution in [2.24, 2.45) is 0 Å². The van der Waals surface area contributed by atoms with Crippen molar-refractivity contribution in [3.8, 4) is 17.1 Å². The number of rotatable bonds is 7. The first-order valence-corrected chi connectivity index (χ1v) is 10.8. The summed E-state index contributed by atoms with van der Waals surface area (Å²) >= 11 is 12.6. The fraction of sp³-hybridized carbons (Fsp3) is 0.167. The van der Waals surface area contributed by atoms with Gasteiger partial charge in [0.05, 0.1) is 26.6 Å². The minimum atomic E-state index is -0.479. The fourth-order valence-corrected chi connectivity index (χ4v) is 3.90. The number of aryl methyl sites for hydroxylation is 1. The number of carbonyl (C=O) groups is 1. The molecule has 0 bridgehead atoms. The zero-order valence-corrected chi connectivity index (χ0v) is 18.2. The molecule has 1 heterocycles. The molecule has 1 amide bonds. The molecule has 7 heteroatoms. The smallest absolute Gasteiger partial charge is 0.410 e. The van der Waals surface area contributed by atoms with Gasteiger partial charge in [0.1, 0.15) is 11.6 Å². The lowest BCUT2D eigenvalue weighted by Gasteiger charge is -2.07. The van der Waals surface area contributed by atoms with Gasteiger partial charge in [0.15, 0.2) is 0 Å². The number of ether oxygens (including phenoxy) is 1. The van der Waals surface area contributed by atoms with Gasteiger partial charge in [-0.25, -0.2) is 9.78 Å². The predicted molar refractivity (Wildman–Crippen MR) is 125 cm³/mol. The van der Waals surface area contributed by atoms with Crippen molar-refractivity contribution in [1.82, 2.24) is 15.3 Å². The maximum Gasteiger partial charge on any atom is 0.412 e. The Morgan fingerprint density at radius 1 is 0.968 bits per heavy atom. The lowest BCUT2D eigenvalue weighted by molar-refractivity contribution is 0.200. The molecule has 4 rings (SSSR count). The third-order valence-corrected chi connectivity index (χ3v) is 5.50. The quantitative estimate of drug-likeness (QED) is 0.307. The van der Waals surface area contributed by atoms with Gasteiger partial charge >= 0.3 is 6.09 Å². The van der Waals surface area contributed by atoms with Crippen LogP contribution in [0.1, 0.15) is 18.4 Å². The molecule has 0 spiro atoms. The van der Waals surface area contributed by atoms with Gasteiger partial charge in [-0.3, -0.25) is 0 Å². The zero-order chi connectivity index (χ0) is 21.6. The summed E-state index contributed by atoms with van der Waals surface area (Å²) in [5.74, 6) is 0.986. The molecular formula is C24H21Cl2N3O2. The van der Waals surface area contributed by atoms with Gasteiger partial charge in [0, 0.05) is 12.6 Å². The van der Waals surface area contributed by atoms with Gasteiger partial charge in [-0.15, -0.1) is 0 Å². The Hall–Kier alpha value is -3.02. The molecule has 3 aromatic carbocycles. The molecule has 0 fully saturated rings. The third kappa shape index (κ3) is 5.37. The number of hydrogen-bond donors (Lipinski definition) is 2. The molecular weight excluding hydrogens is 433 g/mol. The van der Waals surface area contributed by atoms with Crippen LogP contribution < -0.4 is 10.1 Å². The number of unbranched alkanes of at least 4 members (excludes halogenated alkanes) is 1. The molecule has 31 heavy (non-hydrogen) atoms. The molecule has 0 radical (unpaired) electrons. The maximum atomic E-state index is 12.1. The number of carbonyl (C=O) groups excluding carboxylic acids is 1. The van der Waals surface area contributed by atoms with E-state index in [4.69, 9.17) is 27.9 Å². The van der Waals surface area contributed by atoms with Crippen molar-refractivity contribution in [1.29, 1.82) is 0 Å². The van der Waals surface area contributed by atoms with Crippen LogP contribution in [0.4, 0.5) is 4.79 Å². The number of imidazole rings is 1. The van der Waals surface area contributed by atoms with Crippen LogP contribution in [0.2, 0.25) is 10.0 Å². The largest absolute Gasteiger partial charge is 0.412 e. The summed E-state index contributed by atoms with van der Waals surface area (Å²) in [7, 11) is 0. The van der Waals surface area contributed by atoms with Gasteiger partial charge in [-0.1, -0.05) is 59.6 Å². The van der Waals surface area contributed by atoms with E-state index in [0.29, 0.717) is 33.7 Å². The van der Waals surface area contributed by atoms with Gasteiger partial charge < -0.3 is 15.0 Å². The topological polar surface area (TPSA) is 67.0 Å². The second-order valence-corrected chi connectivity index (χ2v) is 7.93. The highest BCUT2D eigenvalue weighted by Gasteiger charge is 2.13. The Bertz CT molecular complexity index is 1170. The SMILES string of the molecule is O=C(NCCCCc1ccccc1)Oc1ccc2nc(-c3c(Cl)cccc3Cl)[nH]c2c1. The Labute approximate surface area is 190 Å². The number of hydrogen-bond acceptors (Lipinski definition) is 3. The summed E-state index contributed by atoms with van der Waals surface area (Å²) in [5.41, 5.74) is 3.38. The molecule has 158 valence electrons. The van der Waals surface area contributed by atoms with Crippen molar-refractivity contribution in [2.75, 3.05) is 6.54 Å². The molecule has 2 N–H and O–H groups in total. The average Bonchev–Trinajstić information content (AvgIpc) is 3.17. The van der Waals surface area contributed by atoms with E-state index < -0.39 is 6.09 Å². The molecule has 4 aromatic rings. The first-order chi connectivity index (χ1) is 15.1. The van der Waals surface area contributed by atoms with Crippen molar-refractivity contribution in [3.63, 3.8) is 0 Å². The third-order valence-electron chi connectivity index (χ3n) is 4.87. The summed E-state index contributed by atoms with van der Waals surface area (Å²) < 4.78 is 5.40. The average molecular weight is 454 g/mol. The molecule has 5 nitrogen and oxygen atoms in total. The number of fused-ring (bicyclic) bond motifs is 1. The number of amides is 1. The molecule has 0 saturated carbocycles. The summed E-state index contributed by atoms with van der Waals surface area (Å²) in [6, 6.07) is 20.8. The lowest BCUT2D eigenvalue weighted by Crippen LogP contribution is -2.27. The van der Waals surface area contributed by atoms with E-state index in [1.165, 1.54) is 5.56 Å². The molecule has 0 aliphatic rings. The van der Waals surface area contributed by atoms with Crippen LogP contribution in [0, 0.1) is 0 Å². The number of aromatic nitrogens is 2. The van der Waals surface area contributed by atoms with Gasteiger partial charge in [-0.2, -0.15) is 0 Å². The second-order valence-electron chi connectivity index (χ2n) is 7.12. The first-order valence-electron chi connectivity index (χ1n) is 10.0. The molecule has 1 aromatic heterocycles. The van der Waals surface area contributed by atoms with Crippen molar-refractivity contribution >= 4 is 40.3 Å². The predicted octanol–water partition coefficient (Wildman–Crippen LogP) is 6.65. The standard InChI is InChI=1S/C24H21Cl2N3O2/c25-18-10-6-11-19(26)22(18)23-28-20-13-12-17(15-21(20)29-23)31-24(30)27-14-5-4-9-16-7-2-1-3-8-16/h1-3,6-8,10-13,15H,4-5,9,14H2,(H,27,30)(H,28,29). The van der Waals surface area contributed by atoms with Crippen LogP contribution in [0.25, 0.3) is 22.4 Å². The van der Waals surface area contributed by atoms with E-state index >= 15 is 0 Å². The summed E-state index contributed by atoms with van der Waals surface area (Å²) in [5, 5.41) is 3.81. The van der Waals surface area contributed by atoms with Crippen LogP contribution in [-0.2, 0) is 6.42 Å². The van der Waals surface area contributed by atoms with E-state index in [2.05, 4.69) is 27.4 Å². The van der Waals surface area contributed by atoms with Crippen molar-refractivity contribution in [3.05, 3.63) is 82.3 Å². The van der Waals surface area contributed by atoms with E-state index in [0.717, 1.165) is 30.3 Å². The normalized spacial score (nSPS) is 10.9. The first kappa shape index (κ1) is 21.2. The highest BCUT2D eigenvalue weighted by molar-refractivity contribution is 6.39. The monoisotopic (exact) mass is 453 g/mol. The molecule has 0 atom stereocenters. The van der Waals surface area contributed by atoms with Crippen molar-refractivity contribution < 1.29 is 9.53 Å². The molecule has 0 aliphatic heterocycles. The fourth-order valence-electron chi connectivity index (χ4n) is 3.33. The van der Waals surface area contributed by atoms with Gasteiger partial charge in [0.25, 0.3) is 0 Å². The van der Waals surface area contributed by atoms with Crippen LogP contribution in [0.3, 0.4) is 0 Å². The Morgan fingerprint density at radius 3 is 2.52 bits per heavy atom. The number of aromatic amines is 1. The number of nitrogens with one attached hydrogen (secondary N) is 2. The summed E-state index contributed by atoms with van der Waals surface area (Å²) in [6.07, 6.45) is 2.39. The Morgan fingerprint density at radius 2 is 1.74 bits per heavy atom. The highest BCUT2D eigenvalue weighted by atomic mass is 35.5. The zero-order valence-electron chi connectivity index (χ0n) is 16.7. The van der Waals surface area contributed by atoms with Crippen LogP contribution in [-0.4, -0.2) is 22.6 Å². The van der Waals surface area contributed by atoms with E-state index in [-0.39, 0.29) is 0 Å². The van der Waals surface area contributed by atoms with Crippen molar-refractivity contribution in [2.45, 2.75) is 19.3 Å². The Balaban J connectivity index is 1.33. The van der Waals surface area contributed by atoms with Crippen LogP contribution in [0.5, 0.6) is 5.75 Å². The van der Waals surface area contributed by atoms with E-state index in [1.807, 2.05) is 18.2 Å². The second kappa shape index (κ2) is 9.86. The van der Waals surface area contributed by atoms with Crippen LogP contribution in [0.15, 0.2) is 66.7 Å².